The molecule has 270 valence electrons. The number of imidazole rings is 1. The van der Waals surface area contributed by atoms with E-state index in [0.717, 1.165) is 79.5 Å². The van der Waals surface area contributed by atoms with E-state index in [2.05, 4.69) is 126 Å². The van der Waals surface area contributed by atoms with Crippen LogP contribution in [0, 0.1) is 6.07 Å². The molecule has 0 spiro atoms. The topological polar surface area (TPSA) is 64.1 Å². The van der Waals surface area contributed by atoms with Gasteiger partial charge in [0.15, 0.2) is 0 Å². The Balaban J connectivity index is 0.00000384. The monoisotopic (exact) mass is 901 g/mol. The van der Waals surface area contributed by atoms with Gasteiger partial charge in [-0.2, -0.15) is 0 Å². The number of aromatic hydroxyl groups is 1. The fourth-order valence-electron chi connectivity index (χ4n) is 8.43. The van der Waals surface area contributed by atoms with Gasteiger partial charge in [-0.15, -0.1) is 35.4 Å². The third-order valence-corrected chi connectivity index (χ3v) is 11.0. The number of fused-ring (bicyclic) bond motifs is 8. The molecule has 0 aliphatic heterocycles. The Bertz CT molecular complexity index is 3050. The van der Waals surface area contributed by atoms with Gasteiger partial charge in [0.25, 0.3) is 0 Å². The molecule has 0 radical (unpaired) electrons. The van der Waals surface area contributed by atoms with Crippen LogP contribution in [-0.2, 0) is 33.9 Å². The van der Waals surface area contributed by atoms with Crippen molar-refractivity contribution in [1.29, 1.82) is 0 Å². The maximum Gasteiger partial charge on any atom is 0.149 e. The average Bonchev–Trinajstić information content (AvgIpc) is 3.84. The van der Waals surface area contributed by atoms with Crippen molar-refractivity contribution in [3.8, 4) is 67.7 Å². The second-order valence-corrected chi connectivity index (χ2v) is 14.1. The minimum absolute atomic E-state index is 0. The first-order valence-corrected chi connectivity index (χ1v) is 18.6. The molecule has 0 amide bonds. The van der Waals surface area contributed by atoms with Gasteiger partial charge in [0.2, 0.25) is 0 Å². The van der Waals surface area contributed by atoms with Gasteiger partial charge in [-0.3, -0.25) is 9.55 Å². The van der Waals surface area contributed by atoms with Crippen molar-refractivity contribution in [2.45, 2.75) is 12.8 Å². The van der Waals surface area contributed by atoms with Crippen LogP contribution in [0.25, 0.3) is 94.7 Å². The van der Waals surface area contributed by atoms with Gasteiger partial charge in [0, 0.05) is 60.6 Å². The summed E-state index contributed by atoms with van der Waals surface area (Å²) in [5.41, 5.74) is 13.1. The minimum atomic E-state index is 0. The molecule has 6 heteroatoms. The molecular formula is C50H32N3O2Pt-. The van der Waals surface area contributed by atoms with Crippen molar-refractivity contribution in [3.05, 3.63) is 181 Å². The summed E-state index contributed by atoms with van der Waals surface area (Å²) in [6, 6.07) is 57.3. The summed E-state index contributed by atoms with van der Waals surface area (Å²) < 4.78 is 8.35. The summed E-state index contributed by atoms with van der Waals surface area (Å²) in [6.45, 7) is 0. The molecule has 56 heavy (non-hydrogen) atoms. The van der Waals surface area contributed by atoms with Crippen LogP contribution in [0.2, 0.25) is 0 Å². The van der Waals surface area contributed by atoms with Crippen molar-refractivity contribution in [2.24, 2.45) is 0 Å². The zero-order valence-electron chi connectivity index (χ0n) is 30.0. The maximum absolute atomic E-state index is 11.9. The number of benzene rings is 7. The van der Waals surface area contributed by atoms with Crippen molar-refractivity contribution < 1.29 is 30.6 Å². The fraction of sp³-hybridized carbons (Fsp3) is 0.0400. The predicted octanol–water partition coefficient (Wildman–Crippen LogP) is 12.3. The van der Waals surface area contributed by atoms with Crippen LogP contribution >= 0.6 is 0 Å². The second kappa shape index (κ2) is 13.6. The molecule has 3 heterocycles. The van der Waals surface area contributed by atoms with Crippen LogP contribution in [0.3, 0.4) is 0 Å². The Labute approximate surface area is 337 Å². The SMILES string of the molecule is Oc1cc2oc3ccccc3c2cc1-c1nc(-c2nc3c(c4ccccc24)CCc2ccc[c-]c2-3)cn1-c1c(-c2ccccc2)cccc1-c1ccccc1.[Pt]. The van der Waals surface area contributed by atoms with E-state index < -0.39 is 0 Å². The smallest absolute Gasteiger partial charge is 0.149 e. The Morgan fingerprint density at radius 1 is 0.571 bits per heavy atom. The third kappa shape index (κ3) is 5.42. The van der Waals surface area contributed by atoms with Crippen LogP contribution in [0.15, 0.2) is 168 Å². The zero-order valence-corrected chi connectivity index (χ0v) is 32.3. The quantitative estimate of drug-likeness (QED) is 0.175. The van der Waals surface area contributed by atoms with E-state index >= 15 is 0 Å². The molecule has 0 atom stereocenters. The van der Waals surface area contributed by atoms with E-state index in [1.54, 1.807) is 6.07 Å². The van der Waals surface area contributed by atoms with Gasteiger partial charge in [0.1, 0.15) is 28.4 Å². The normalized spacial score (nSPS) is 12.1. The number of furan rings is 1. The van der Waals surface area contributed by atoms with E-state index in [4.69, 9.17) is 14.4 Å². The number of phenols is 1. The average molecular weight is 902 g/mol. The molecule has 7 aromatic carbocycles. The van der Waals surface area contributed by atoms with Gasteiger partial charge < -0.3 is 9.52 Å². The van der Waals surface area contributed by atoms with E-state index in [1.807, 2.05) is 42.5 Å². The van der Waals surface area contributed by atoms with Crippen LogP contribution in [0.1, 0.15) is 11.1 Å². The summed E-state index contributed by atoms with van der Waals surface area (Å²) in [6.07, 6.45) is 3.96. The number of aryl methyl sites for hydroxylation is 2. The third-order valence-electron chi connectivity index (χ3n) is 11.0. The molecule has 0 saturated carbocycles. The molecular weight excluding hydrogens is 870 g/mol. The second-order valence-electron chi connectivity index (χ2n) is 14.1. The zero-order chi connectivity index (χ0) is 36.5. The van der Waals surface area contributed by atoms with Gasteiger partial charge in [0.05, 0.1) is 16.9 Å². The summed E-state index contributed by atoms with van der Waals surface area (Å²) >= 11 is 0. The van der Waals surface area contributed by atoms with Gasteiger partial charge in [-0.1, -0.05) is 133 Å². The van der Waals surface area contributed by atoms with E-state index in [9.17, 15) is 5.11 Å². The Hall–Kier alpha value is -6.55. The number of phenolic OH excluding ortho intramolecular Hbond substituents is 1. The molecule has 0 bridgehead atoms. The summed E-state index contributed by atoms with van der Waals surface area (Å²) in [5.74, 6) is 0.672. The van der Waals surface area contributed by atoms with E-state index in [0.29, 0.717) is 22.7 Å². The number of aromatic nitrogens is 3. The summed E-state index contributed by atoms with van der Waals surface area (Å²) in [5, 5.41) is 16.0. The van der Waals surface area contributed by atoms with Gasteiger partial charge in [-0.05, 0) is 40.8 Å². The fourth-order valence-corrected chi connectivity index (χ4v) is 8.43. The van der Waals surface area contributed by atoms with Crippen molar-refractivity contribution in [2.75, 3.05) is 0 Å². The molecule has 3 aromatic heterocycles. The van der Waals surface area contributed by atoms with Crippen molar-refractivity contribution >= 4 is 32.7 Å². The summed E-state index contributed by atoms with van der Waals surface area (Å²) in [4.78, 5) is 11.0. The first-order chi connectivity index (χ1) is 27.2. The number of para-hydroxylation sites is 2. The predicted molar refractivity (Wildman–Crippen MR) is 221 cm³/mol. The Morgan fingerprint density at radius 2 is 1.25 bits per heavy atom. The number of nitrogens with zero attached hydrogens (tertiary/aromatic N) is 3. The first kappa shape index (κ1) is 34.0. The maximum atomic E-state index is 11.9. The first-order valence-electron chi connectivity index (χ1n) is 18.6. The van der Waals surface area contributed by atoms with Crippen molar-refractivity contribution in [1.82, 2.24) is 14.5 Å². The number of hydrogen-bond donors (Lipinski definition) is 1. The number of hydrogen-bond acceptors (Lipinski definition) is 4. The van der Waals surface area contributed by atoms with Crippen molar-refractivity contribution in [3.63, 3.8) is 0 Å². The van der Waals surface area contributed by atoms with Crippen LogP contribution in [0.4, 0.5) is 0 Å². The Kier molecular flexibility index (Phi) is 8.27. The van der Waals surface area contributed by atoms with E-state index in [1.165, 1.54) is 16.5 Å². The molecule has 0 fully saturated rings. The largest absolute Gasteiger partial charge is 0.507 e. The molecule has 5 nitrogen and oxygen atoms in total. The molecule has 1 aliphatic carbocycles. The van der Waals surface area contributed by atoms with Crippen LogP contribution < -0.4 is 0 Å². The summed E-state index contributed by atoms with van der Waals surface area (Å²) in [7, 11) is 0. The van der Waals surface area contributed by atoms with Crippen LogP contribution in [-0.4, -0.2) is 19.6 Å². The molecule has 10 aromatic rings. The van der Waals surface area contributed by atoms with E-state index in [-0.39, 0.29) is 26.8 Å². The Morgan fingerprint density at radius 3 is 2.00 bits per heavy atom. The number of pyridine rings is 1. The molecule has 0 unspecified atom stereocenters. The molecule has 1 N–H and O–H groups in total. The van der Waals surface area contributed by atoms with Gasteiger partial charge in [-0.25, -0.2) is 4.98 Å². The molecule has 11 rings (SSSR count). The minimum Gasteiger partial charge on any atom is -0.507 e. The molecule has 0 saturated heterocycles. The number of rotatable bonds is 5. The standard InChI is InChI=1S/C50H32N3O2.Pt/c54-44-29-46-41(38-21-11-12-25-45(38)55-46)28-42(44)50-51-43(48-39-22-10-9-20-37(39)40-27-26-33-18-7-8-19-34(33)47(40)52-48)30-53(50)49-35(31-14-3-1-4-15-31)23-13-24-36(49)32-16-5-2-6-17-32;/h1-18,20-25,28-30,54H,26-27H2;/q-1;. The van der Waals surface area contributed by atoms with Crippen LogP contribution in [0.5, 0.6) is 5.75 Å². The molecule has 1 aliphatic rings. The van der Waals surface area contributed by atoms with Gasteiger partial charge >= 0.3 is 0 Å².